The van der Waals surface area contributed by atoms with Crippen molar-refractivity contribution in [3.63, 3.8) is 0 Å². The molecule has 1 aliphatic carbocycles. The van der Waals surface area contributed by atoms with Gasteiger partial charge in [0.15, 0.2) is 0 Å². The molecule has 1 aliphatic rings. The quantitative estimate of drug-likeness (QED) is 0.529. The summed E-state index contributed by atoms with van der Waals surface area (Å²) in [6.07, 6.45) is 4.39. The van der Waals surface area contributed by atoms with Gasteiger partial charge in [-0.2, -0.15) is 0 Å². The summed E-state index contributed by atoms with van der Waals surface area (Å²) in [5.41, 5.74) is 5.40. The number of rotatable bonds is 6. The molecule has 0 saturated heterocycles. The topological polar surface area (TPSA) is 46.3 Å². The van der Waals surface area contributed by atoms with E-state index in [2.05, 4.69) is 6.58 Å². The largest absolute Gasteiger partial charge is 0.393 e. The van der Waals surface area contributed by atoms with Gasteiger partial charge >= 0.3 is 0 Å². The van der Waals surface area contributed by atoms with E-state index in [9.17, 15) is 4.79 Å². The smallest absolute Gasteiger partial charge is 0.225 e. The molecule has 4 heteroatoms. The summed E-state index contributed by atoms with van der Waals surface area (Å²) in [4.78, 5) is 13.9. The Hall–Kier alpha value is -0.900. The Balaban J connectivity index is 2.40. The fourth-order valence-corrected chi connectivity index (χ4v) is 1.37. The van der Waals surface area contributed by atoms with Crippen molar-refractivity contribution in [1.29, 1.82) is 0 Å². The molecule has 1 amide bonds. The normalized spacial score (nSPS) is 14.9. The van der Waals surface area contributed by atoms with Crippen molar-refractivity contribution in [3.8, 4) is 0 Å². The third kappa shape index (κ3) is 3.46. The van der Waals surface area contributed by atoms with Crippen LogP contribution in [-0.4, -0.2) is 28.9 Å². The standard InChI is InChI=1S/C10H16N2OS/c1-2-6-12(7-5-9(11)14)10(13)8-3-4-8/h2,8H,1,3-7H2,(H2,11,14). The van der Waals surface area contributed by atoms with Crippen molar-refractivity contribution in [2.75, 3.05) is 13.1 Å². The predicted molar refractivity (Wildman–Crippen MR) is 60.9 cm³/mol. The highest BCUT2D eigenvalue weighted by molar-refractivity contribution is 7.80. The number of nitrogens with two attached hydrogens (primary N) is 1. The molecule has 2 N–H and O–H groups in total. The molecular formula is C10H16N2OS. The first-order valence-electron chi connectivity index (χ1n) is 4.83. The molecule has 3 nitrogen and oxygen atoms in total. The Morgan fingerprint density at radius 1 is 1.64 bits per heavy atom. The molecule has 1 rings (SSSR count). The summed E-state index contributed by atoms with van der Waals surface area (Å²) in [6, 6.07) is 0. The first-order valence-corrected chi connectivity index (χ1v) is 5.24. The molecule has 0 unspecified atom stereocenters. The first kappa shape index (κ1) is 11.2. The van der Waals surface area contributed by atoms with Gasteiger partial charge in [0, 0.05) is 25.4 Å². The summed E-state index contributed by atoms with van der Waals surface area (Å²) in [5, 5.41) is 0. The van der Waals surface area contributed by atoms with Gasteiger partial charge < -0.3 is 10.6 Å². The van der Waals surface area contributed by atoms with E-state index >= 15 is 0 Å². The third-order valence-electron chi connectivity index (χ3n) is 2.22. The molecule has 0 aromatic rings. The van der Waals surface area contributed by atoms with E-state index in [0.717, 1.165) is 12.8 Å². The van der Waals surface area contributed by atoms with Crippen LogP contribution in [0.5, 0.6) is 0 Å². The Morgan fingerprint density at radius 3 is 2.71 bits per heavy atom. The van der Waals surface area contributed by atoms with Crippen LogP contribution in [0.4, 0.5) is 0 Å². The Morgan fingerprint density at radius 2 is 2.29 bits per heavy atom. The first-order chi connectivity index (χ1) is 6.65. The molecule has 0 heterocycles. The van der Waals surface area contributed by atoms with Gasteiger partial charge in [0.25, 0.3) is 0 Å². The van der Waals surface area contributed by atoms with Crippen molar-refractivity contribution in [1.82, 2.24) is 4.90 Å². The van der Waals surface area contributed by atoms with Crippen molar-refractivity contribution >= 4 is 23.1 Å². The minimum atomic E-state index is 0.223. The lowest BCUT2D eigenvalue weighted by Crippen LogP contribution is -2.34. The molecule has 0 aromatic carbocycles. The second-order valence-electron chi connectivity index (χ2n) is 3.56. The molecule has 1 saturated carbocycles. The second-order valence-corrected chi connectivity index (χ2v) is 4.09. The average molecular weight is 212 g/mol. The van der Waals surface area contributed by atoms with Gasteiger partial charge in [-0.25, -0.2) is 0 Å². The van der Waals surface area contributed by atoms with Crippen LogP contribution < -0.4 is 5.73 Å². The van der Waals surface area contributed by atoms with Crippen molar-refractivity contribution < 1.29 is 4.79 Å². The van der Waals surface area contributed by atoms with Crippen molar-refractivity contribution in [2.24, 2.45) is 11.7 Å². The van der Waals surface area contributed by atoms with Gasteiger partial charge in [-0.3, -0.25) is 4.79 Å². The summed E-state index contributed by atoms with van der Waals surface area (Å²) >= 11 is 4.78. The van der Waals surface area contributed by atoms with E-state index in [-0.39, 0.29) is 11.8 Å². The molecule has 0 aromatic heterocycles. The maximum atomic E-state index is 11.7. The van der Waals surface area contributed by atoms with Crippen molar-refractivity contribution in [2.45, 2.75) is 19.3 Å². The van der Waals surface area contributed by atoms with Gasteiger partial charge in [-0.05, 0) is 12.8 Å². The number of carbonyl (C=O) groups excluding carboxylic acids is 1. The number of amides is 1. The monoisotopic (exact) mass is 212 g/mol. The highest BCUT2D eigenvalue weighted by Crippen LogP contribution is 2.30. The Bertz CT molecular complexity index is 249. The van der Waals surface area contributed by atoms with Gasteiger partial charge in [0.1, 0.15) is 0 Å². The predicted octanol–water partition coefficient (Wildman–Crippen LogP) is 1.09. The molecule has 0 aliphatic heterocycles. The van der Waals surface area contributed by atoms with Crippen LogP contribution in [0.2, 0.25) is 0 Å². The molecular weight excluding hydrogens is 196 g/mol. The lowest BCUT2D eigenvalue weighted by atomic mass is 10.3. The maximum Gasteiger partial charge on any atom is 0.225 e. The van der Waals surface area contributed by atoms with Crippen LogP contribution in [0.3, 0.4) is 0 Å². The number of carbonyl (C=O) groups is 1. The van der Waals surface area contributed by atoms with Gasteiger partial charge in [-0.15, -0.1) is 6.58 Å². The third-order valence-corrected chi connectivity index (χ3v) is 2.42. The zero-order valence-electron chi connectivity index (χ0n) is 8.24. The molecule has 78 valence electrons. The van der Waals surface area contributed by atoms with E-state index in [1.807, 2.05) is 0 Å². The second kappa shape index (κ2) is 5.10. The van der Waals surface area contributed by atoms with E-state index < -0.39 is 0 Å². The fraction of sp³-hybridized carbons (Fsp3) is 0.600. The van der Waals surface area contributed by atoms with Crippen LogP contribution in [-0.2, 0) is 4.79 Å². The number of hydrogen-bond donors (Lipinski definition) is 1. The van der Waals surface area contributed by atoms with Crippen LogP contribution in [0.1, 0.15) is 19.3 Å². The Labute approximate surface area is 89.9 Å². The van der Waals surface area contributed by atoms with Gasteiger partial charge in [0.2, 0.25) is 5.91 Å². The summed E-state index contributed by atoms with van der Waals surface area (Å²) in [7, 11) is 0. The van der Waals surface area contributed by atoms with E-state index in [0.29, 0.717) is 24.5 Å². The summed E-state index contributed by atoms with van der Waals surface area (Å²) in [6.45, 7) is 4.85. The molecule has 14 heavy (non-hydrogen) atoms. The van der Waals surface area contributed by atoms with E-state index in [1.165, 1.54) is 0 Å². The van der Waals surface area contributed by atoms with E-state index in [4.69, 9.17) is 18.0 Å². The summed E-state index contributed by atoms with van der Waals surface area (Å²) in [5.74, 6) is 0.474. The molecule has 0 radical (unpaired) electrons. The maximum absolute atomic E-state index is 11.7. The number of thiocarbonyl (C=S) groups is 1. The van der Waals surface area contributed by atoms with Crippen LogP contribution in [0.15, 0.2) is 12.7 Å². The molecule has 0 spiro atoms. The van der Waals surface area contributed by atoms with Gasteiger partial charge in [-0.1, -0.05) is 18.3 Å². The van der Waals surface area contributed by atoms with Crippen molar-refractivity contribution in [3.05, 3.63) is 12.7 Å². The highest BCUT2D eigenvalue weighted by atomic mass is 32.1. The minimum Gasteiger partial charge on any atom is -0.393 e. The number of hydrogen-bond acceptors (Lipinski definition) is 2. The zero-order chi connectivity index (χ0) is 10.6. The molecule has 0 atom stereocenters. The fourth-order valence-electron chi connectivity index (χ4n) is 1.28. The SMILES string of the molecule is C=CCN(CCC(N)=S)C(=O)C1CC1. The van der Waals surface area contributed by atoms with Crippen LogP contribution in [0.25, 0.3) is 0 Å². The lowest BCUT2D eigenvalue weighted by molar-refractivity contribution is -0.131. The summed E-state index contributed by atoms with van der Waals surface area (Å²) < 4.78 is 0. The molecule has 1 fully saturated rings. The minimum absolute atomic E-state index is 0.223. The lowest BCUT2D eigenvalue weighted by Gasteiger charge is -2.20. The van der Waals surface area contributed by atoms with E-state index in [1.54, 1.807) is 11.0 Å². The number of nitrogens with zero attached hydrogens (tertiary/aromatic N) is 1. The molecule has 0 bridgehead atoms. The zero-order valence-corrected chi connectivity index (χ0v) is 9.05. The van der Waals surface area contributed by atoms with Crippen LogP contribution >= 0.6 is 12.2 Å². The average Bonchev–Trinajstić information content (AvgIpc) is 2.93. The Kier molecular flexibility index (Phi) is 4.07. The van der Waals surface area contributed by atoms with Crippen LogP contribution in [0, 0.1) is 5.92 Å². The van der Waals surface area contributed by atoms with Gasteiger partial charge in [0.05, 0.1) is 4.99 Å². The highest BCUT2D eigenvalue weighted by Gasteiger charge is 2.32.